The quantitative estimate of drug-likeness (QED) is 0.212. The first-order valence-electron chi connectivity index (χ1n) is 10.8. The molecule has 9 heteroatoms. The first-order valence-corrected chi connectivity index (χ1v) is 10.8. The number of hydroxylamine groups is 1. The lowest BCUT2D eigenvalue weighted by Gasteiger charge is -2.19. The van der Waals surface area contributed by atoms with Gasteiger partial charge in [0.15, 0.2) is 0 Å². The fourth-order valence-corrected chi connectivity index (χ4v) is 3.93. The van der Waals surface area contributed by atoms with Crippen LogP contribution in [-0.4, -0.2) is 25.8 Å². The largest absolute Gasteiger partial charge is 0.493 e. The molecule has 3 aromatic rings. The van der Waals surface area contributed by atoms with E-state index in [0.717, 1.165) is 21.3 Å². The smallest absolute Gasteiger partial charge is 0.329 e. The third kappa shape index (κ3) is 5.56. The van der Waals surface area contributed by atoms with Gasteiger partial charge >= 0.3 is 5.69 Å². The van der Waals surface area contributed by atoms with Crippen LogP contribution in [0.15, 0.2) is 64.6 Å². The molecule has 0 aliphatic carbocycles. The van der Waals surface area contributed by atoms with Gasteiger partial charge in [-0.1, -0.05) is 73.6 Å². The Balaban J connectivity index is 1.71. The van der Waals surface area contributed by atoms with Gasteiger partial charge in [0, 0.05) is 6.42 Å². The zero-order valence-corrected chi connectivity index (χ0v) is 18.6. The summed E-state index contributed by atoms with van der Waals surface area (Å²) in [7, 11) is 0. The van der Waals surface area contributed by atoms with Gasteiger partial charge in [-0.15, -0.1) is 0 Å². The molecule has 0 bridgehead atoms. The van der Waals surface area contributed by atoms with Crippen LogP contribution < -0.4 is 11.2 Å². The Morgan fingerprint density at radius 1 is 1.06 bits per heavy atom. The number of hydrogen-bond donors (Lipinski definition) is 4. The van der Waals surface area contributed by atoms with E-state index in [4.69, 9.17) is 5.21 Å². The summed E-state index contributed by atoms with van der Waals surface area (Å²) < 4.78 is 0.957. The molecular weight excluding hydrogens is 424 g/mol. The van der Waals surface area contributed by atoms with Crippen LogP contribution in [0.4, 0.5) is 0 Å². The molecule has 0 saturated carbocycles. The number of benzene rings is 2. The van der Waals surface area contributed by atoms with E-state index in [0.29, 0.717) is 25.0 Å². The standard InChI is InChI=1S/C24H28N4O5/c1-15(2)21(22(29)27-33)28-23(30)19(25-24(28)31)13-10-16-8-11-18(12-9-16)20(26-32)14-17-6-4-3-5-7-17/h3-9,11-12,15,20-21,30,33H,10,13-14H2,1-2H3,(H,25,31)(H,27,29). The van der Waals surface area contributed by atoms with Crippen molar-refractivity contribution in [2.24, 2.45) is 11.1 Å². The molecule has 2 aromatic carbocycles. The molecular formula is C24H28N4O5. The molecule has 1 aromatic heterocycles. The average molecular weight is 453 g/mol. The number of nitrogens with zero attached hydrogens (tertiary/aromatic N) is 2. The monoisotopic (exact) mass is 452 g/mol. The molecule has 0 aliphatic heterocycles. The van der Waals surface area contributed by atoms with Gasteiger partial charge in [0.1, 0.15) is 12.1 Å². The second kappa shape index (κ2) is 10.7. The van der Waals surface area contributed by atoms with Crippen molar-refractivity contribution in [3.05, 3.63) is 92.4 Å². The summed E-state index contributed by atoms with van der Waals surface area (Å²) in [6.07, 6.45) is 1.37. The molecule has 0 radical (unpaired) electrons. The molecule has 4 N–H and O–H groups in total. The van der Waals surface area contributed by atoms with E-state index in [2.05, 4.69) is 10.2 Å². The van der Waals surface area contributed by atoms with E-state index in [1.54, 1.807) is 19.3 Å². The highest BCUT2D eigenvalue weighted by molar-refractivity contribution is 5.79. The summed E-state index contributed by atoms with van der Waals surface area (Å²) in [6.45, 7) is 3.42. The van der Waals surface area contributed by atoms with Crippen LogP contribution in [-0.2, 0) is 24.1 Å². The van der Waals surface area contributed by atoms with Crippen LogP contribution in [0.5, 0.6) is 5.88 Å². The second-order valence-corrected chi connectivity index (χ2v) is 8.32. The van der Waals surface area contributed by atoms with E-state index in [9.17, 15) is 19.6 Å². The molecule has 0 fully saturated rings. The molecule has 0 aliphatic rings. The van der Waals surface area contributed by atoms with Crippen molar-refractivity contribution in [2.75, 3.05) is 0 Å². The van der Waals surface area contributed by atoms with E-state index in [1.807, 2.05) is 54.6 Å². The lowest BCUT2D eigenvalue weighted by molar-refractivity contribution is -0.134. The number of amides is 1. The molecule has 1 heterocycles. The summed E-state index contributed by atoms with van der Waals surface area (Å²) in [5, 5.41) is 22.8. The lowest BCUT2D eigenvalue weighted by atomic mass is 9.97. The van der Waals surface area contributed by atoms with Gasteiger partial charge in [-0.3, -0.25) is 14.6 Å². The van der Waals surface area contributed by atoms with Crippen LogP contribution in [0.3, 0.4) is 0 Å². The minimum atomic E-state index is -1.05. The predicted octanol–water partition coefficient (Wildman–Crippen LogP) is 3.42. The molecule has 0 saturated heterocycles. The Kier molecular flexibility index (Phi) is 7.78. The third-order valence-electron chi connectivity index (χ3n) is 5.69. The predicted molar refractivity (Wildman–Crippen MR) is 123 cm³/mol. The number of carbonyl (C=O) groups is 1. The van der Waals surface area contributed by atoms with Crippen LogP contribution in [0.1, 0.15) is 48.3 Å². The number of carbonyl (C=O) groups excluding carboxylic acids is 1. The molecule has 174 valence electrons. The number of rotatable bonds is 10. The summed E-state index contributed by atoms with van der Waals surface area (Å²) in [6, 6.07) is 15.6. The highest BCUT2D eigenvalue weighted by Crippen LogP contribution is 2.26. The Labute approximate surface area is 191 Å². The van der Waals surface area contributed by atoms with Crippen molar-refractivity contribution in [1.82, 2.24) is 15.0 Å². The van der Waals surface area contributed by atoms with Gasteiger partial charge in [-0.2, -0.15) is 4.91 Å². The molecule has 9 nitrogen and oxygen atoms in total. The van der Waals surface area contributed by atoms with Crippen LogP contribution >= 0.6 is 0 Å². The van der Waals surface area contributed by atoms with Gasteiger partial charge in [0.2, 0.25) is 5.88 Å². The minimum absolute atomic E-state index is 0.303. The number of H-pyrrole nitrogens is 1. The summed E-state index contributed by atoms with van der Waals surface area (Å²) in [4.78, 5) is 38.4. The number of imidazole rings is 1. The Bertz CT molecular complexity index is 1140. The van der Waals surface area contributed by atoms with Crippen molar-refractivity contribution in [1.29, 1.82) is 0 Å². The molecule has 3 rings (SSSR count). The van der Waals surface area contributed by atoms with Gasteiger partial charge in [-0.25, -0.2) is 10.3 Å². The van der Waals surface area contributed by atoms with E-state index >= 15 is 0 Å². The average Bonchev–Trinajstić information content (AvgIpc) is 3.10. The van der Waals surface area contributed by atoms with Gasteiger partial charge in [-0.05, 0) is 35.4 Å². The zero-order chi connectivity index (χ0) is 24.0. The highest BCUT2D eigenvalue weighted by atomic mass is 16.5. The van der Waals surface area contributed by atoms with Gasteiger partial charge in [0.05, 0.1) is 5.69 Å². The van der Waals surface area contributed by atoms with Gasteiger partial charge < -0.3 is 10.1 Å². The van der Waals surface area contributed by atoms with Gasteiger partial charge in [0.25, 0.3) is 5.91 Å². The van der Waals surface area contributed by atoms with Crippen molar-refractivity contribution >= 4 is 5.91 Å². The summed E-state index contributed by atoms with van der Waals surface area (Å²) in [5.74, 6) is -1.45. The topological polar surface area (TPSA) is 137 Å². The van der Waals surface area contributed by atoms with Crippen molar-refractivity contribution < 1.29 is 15.1 Å². The Morgan fingerprint density at radius 3 is 2.30 bits per heavy atom. The number of aromatic nitrogens is 2. The lowest BCUT2D eigenvalue weighted by Crippen LogP contribution is -2.37. The highest BCUT2D eigenvalue weighted by Gasteiger charge is 2.29. The number of nitrogens with one attached hydrogen (secondary N) is 2. The molecule has 2 atom stereocenters. The number of nitroso groups, excluding NO2 is 1. The van der Waals surface area contributed by atoms with Crippen LogP contribution in [0.25, 0.3) is 0 Å². The number of aryl methyl sites for hydroxylation is 2. The maximum atomic E-state index is 12.4. The van der Waals surface area contributed by atoms with E-state index in [1.165, 1.54) is 0 Å². The molecule has 33 heavy (non-hydrogen) atoms. The first-order chi connectivity index (χ1) is 15.8. The third-order valence-corrected chi connectivity index (χ3v) is 5.69. The Hall–Kier alpha value is -3.72. The molecule has 2 unspecified atom stereocenters. The second-order valence-electron chi connectivity index (χ2n) is 8.32. The number of aromatic hydroxyl groups is 1. The zero-order valence-electron chi connectivity index (χ0n) is 18.6. The van der Waals surface area contributed by atoms with E-state index in [-0.39, 0.29) is 11.8 Å². The Morgan fingerprint density at radius 2 is 1.73 bits per heavy atom. The maximum Gasteiger partial charge on any atom is 0.329 e. The molecule has 1 amide bonds. The van der Waals surface area contributed by atoms with Crippen LogP contribution in [0.2, 0.25) is 0 Å². The van der Waals surface area contributed by atoms with Crippen molar-refractivity contribution in [3.63, 3.8) is 0 Å². The van der Waals surface area contributed by atoms with E-state index < -0.39 is 23.7 Å². The van der Waals surface area contributed by atoms with Crippen molar-refractivity contribution in [2.45, 2.75) is 45.2 Å². The summed E-state index contributed by atoms with van der Waals surface area (Å²) in [5.41, 5.74) is 4.02. The normalized spacial score (nSPS) is 13.0. The minimum Gasteiger partial charge on any atom is -0.493 e. The van der Waals surface area contributed by atoms with Crippen LogP contribution in [0, 0.1) is 10.8 Å². The van der Waals surface area contributed by atoms with Crippen molar-refractivity contribution in [3.8, 4) is 5.88 Å². The maximum absolute atomic E-state index is 12.4. The SMILES string of the molecule is CC(C)C(C(=O)NO)n1c(O)c(CCc2ccc(C(Cc3ccccc3)N=O)cc2)[nH]c1=O. The number of aromatic amines is 1. The first kappa shape index (κ1) is 23.9. The fraction of sp³-hybridized carbons (Fsp3) is 0.333. The summed E-state index contributed by atoms with van der Waals surface area (Å²) >= 11 is 0. The molecule has 0 spiro atoms. The number of hydrogen-bond acceptors (Lipinski definition) is 6. The fourth-order valence-electron chi connectivity index (χ4n) is 3.93.